The maximum absolute atomic E-state index is 12.8. The van der Waals surface area contributed by atoms with E-state index in [1.165, 1.54) is 0 Å². The van der Waals surface area contributed by atoms with Gasteiger partial charge in [0.05, 0.1) is 17.1 Å². The van der Waals surface area contributed by atoms with Gasteiger partial charge in [0.1, 0.15) is 0 Å². The fraction of sp³-hybridized carbons (Fsp3) is 0.350. The van der Waals surface area contributed by atoms with Crippen molar-refractivity contribution in [2.24, 2.45) is 0 Å². The van der Waals surface area contributed by atoms with E-state index in [1.807, 2.05) is 74.8 Å². The molecule has 0 aliphatic carbocycles. The van der Waals surface area contributed by atoms with Crippen molar-refractivity contribution in [3.8, 4) is 0 Å². The summed E-state index contributed by atoms with van der Waals surface area (Å²) in [5.41, 5.74) is 4.36. The molecule has 0 saturated heterocycles. The van der Waals surface area contributed by atoms with Crippen LogP contribution in [-0.2, 0) is 6.54 Å². The number of nitrogens with one attached hydrogen (secondary N) is 1. The molecular weight excluding hydrogens is 326 g/mol. The van der Waals surface area contributed by atoms with Gasteiger partial charge in [-0.2, -0.15) is 5.10 Å². The number of fused-ring (bicyclic) bond motifs is 1. The van der Waals surface area contributed by atoms with Crippen molar-refractivity contribution < 1.29 is 4.79 Å². The van der Waals surface area contributed by atoms with Crippen LogP contribution in [0, 0.1) is 6.92 Å². The maximum atomic E-state index is 12.8. The number of hydrogen-bond acceptors (Lipinski definition) is 4. The minimum atomic E-state index is -0.111. The maximum Gasteiger partial charge on any atom is 0.252 e. The minimum Gasteiger partial charge on any atom is -0.378 e. The molecule has 3 aromatic rings. The number of benzene rings is 1. The van der Waals surface area contributed by atoms with Gasteiger partial charge in [-0.05, 0) is 44.5 Å². The Morgan fingerprint density at radius 3 is 2.54 bits per heavy atom. The molecule has 1 aromatic carbocycles. The highest BCUT2D eigenvalue weighted by Gasteiger charge is 2.16. The third-order valence-electron chi connectivity index (χ3n) is 4.33. The third kappa shape index (κ3) is 3.54. The molecule has 0 saturated carbocycles. The van der Waals surface area contributed by atoms with Crippen LogP contribution in [0.2, 0.25) is 0 Å². The Kier molecular flexibility index (Phi) is 4.93. The SMILES string of the molecule is Cc1cc(C(=O)NCc2ccc(N(C)C)cc2)c2cnn(C(C)C)c2n1. The van der Waals surface area contributed by atoms with Gasteiger partial charge in [-0.3, -0.25) is 4.79 Å². The van der Waals surface area contributed by atoms with Crippen LogP contribution in [0.5, 0.6) is 0 Å². The first-order valence-electron chi connectivity index (χ1n) is 8.76. The normalized spacial score (nSPS) is 11.2. The van der Waals surface area contributed by atoms with Crippen molar-refractivity contribution in [3.63, 3.8) is 0 Å². The Morgan fingerprint density at radius 1 is 1.23 bits per heavy atom. The summed E-state index contributed by atoms with van der Waals surface area (Å²) in [5, 5.41) is 8.18. The molecule has 3 rings (SSSR count). The van der Waals surface area contributed by atoms with E-state index in [4.69, 9.17) is 0 Å². The van der Waals surface area contributed by atoms with Crippen molar-refractivity contribution in [2.75, 3.05) is 19.0 Å². The van der Waals surface area contributed by atoms with Gasteiger partial charge in [-0.15, -0.1) is 0 Å². The van der Waals surface area contributed by atoms with Gasteiger partial charge in [-0.25, -0.2) is 9.67 Å². The predicted molar refractivity (Wildman–Crippen MR) is 105 cm³/mol. The zero-order chi connectivity index (χ0) is 18.8. The second-order valence-corrected chi connectivity index (χ2v) is 6.97. The number of aryl methyl sites for hydroxylation is 1. The van der Waals surface area contributed by atoms with Crippen LogP contribution in [0.4, 0.5) is 5.69 Å². The summed E-state index contributed by atoms with van der Waals surface area (Å²) in [5.74, 6) is -0.111. The highest BCUT2D eigenvalue weighted by molar-refractivity contribution is 6.05. The van der Waals surface area contributed by atoms with Crippen LogP contribution >= 0.6 is 0 Å². The first-order chi connectivity index (χ1) is 12.4. The molecule has 0 spiro atoms. The highest BCUT2D eigenvalue weighted by Crippen LogP contribution is 2.21. The molecule has 26 heavy (non-hydrogen) atoms. The number of hydrogen-bond donors (Lipinski definition) is 1. The number of anilines is 1. The summed E-state index contributed by atoms with van der Waals surface area (Å²) in [6, 6.07) is 10.2. The highest BCUT2D eigenvalue weighted by atomic mass is 16.1. The van der Waals surface area contributed by atoms with Crippen LogP contribution in [-0.4, -0.2) is 34.8 Å². The van der Waals surface area contributed by atoms with E-state index in [2.05, 4.69) is 15.4 Å². The summed E-state index contributed by atoms with van der Waals surface area (Å²) < 4.78 is 1.85. The average molecular weight is 351 g/mol. The van der Waals surface area contributed by atoms with Crippen molar-refractivity contribution in [3.05, 3.63) is 53.3 Å². The molecule has 0 atom stereocenters. The number of carbonyl (C=O) groups is 1. The molecule has 136 valence electrons. The summed E-state index contributed by atoms with van der Waals surface area (Å²) in [7, 11) is 4.01. The van der Waals surface area contributed by atoms with Crippen LogP contribution in [0.1, 0.15) is 41.5 Å². The zero-order valence-electron chi connectivity index (χ0n) is 15.9. The number of rotatable bonds is 5. The molecule has 0 bridgehead atoms. The fourth-order valence-corrected chi connectivity index (χ4v) is 2.90. The van der Waals surface area contributed by atoms with Gasteiger partial charge >= 0.3 is 0 Å². The molecule has 6 nitrogen and oxygen atoms in total. The van der Waals surface area contributed by atoms with Crippen LogP contribution in [0.25, 0.3) is 11.0 Å². The smallest absolute Gasteiger partial charge is 0.252 e. The lowest BCUT2D eigenvalue weighted by molar-refractivity contribution is 0.0952. The van der Waals surface area contributed by atoms with Crippen LogP contribution in [0.3, 0.4) is 0 Å². The molecule has 6 heteroatoms. The van der Waals surface area contributed by atoms with E-state index in [0.29, 0.717) is 12.1 Å². The Labute approximate surface area is 153 Å². The van der Waals surface area contributed by atoms with Gasteiger partial charge in [0.25, 0.3) is 5.91 Å². The van der Waals surface area contributed by atoms with Crippen LogP contribution in [0.15, 0.2) is 36.5 Å². The molecule has 2 heterocycles. The van der Waals surface area contributed by atoms with Crippen molar-refractivity contribution >= 4 is 22.6 Å². The van der Waals surface area contributed by atoms with Gasteiger partial charge in [0.2, 0.25) is 0 Å². The number of carbonyl (C=O) groups excluding carboxylic acids is 1. The number of pyridine rings is 1. The second kappa shape index (κ2) is 7.15. The molecule has 0 aliphatic heterocycles. The molecule has 0 radical (unpaired) electrons. The third-order valence-corrected chi connectivity index (χ3v) is 4.33. The largest absolute Gasteiger partial charge is 0.378 e. The standard InChI is InChI=1S/C20H25N5O/c1-13(2)25-19-18(12-22-25)17(10-14(3)23-19)20(26)21-11-15-6-8-16(9-7-15)24(4)5/h6-10,12-13H,11H2,1-5H3,(H,21,26). The Hall–Kier alpha value is -2.89. The molecule has 0 aliphatic rings. The Morgan fingerprint density at radius 2 is 1.92 bits per heavy atom. The summed E-state index contributed by atoms with van der Waals surface area (Å²) in [4.78, 5) is 19.4. The molecule has 2 aromatic heterocycles. The van der Waals surface area contributed by atoms with E-state index in [9.17, 15) is 4.79 Å². The average Bonchev–Trinajstić information content (AvgIpc) is 3.03. The van der Waals surface area contributed by atoms with Crippen molar-refractivity contribution in [1.82, 2.24) is 20.1 Å². The van der Waals surface area contributed by atoms with Crippen molar-refractivity contribution in [2.45, 2.75) is 33.4 Å². The van der Waals surface area contributed by atoms with Crippen molar-refractivity contribution in [1.29, 1.82) is 0 Å². The van der Waals surface area contributed by atoms with Gasteiger partial charge in [-0.1, -0.05) is 12.1 Å². The topological polar surface area (TPSA) is 63.1 Å². The second-order valence-electron chi connectivity index (χ2n) is 6.97. The lowest BCUT2D eigenvalue weighted by Crippen LogP contribution is -2.23. The lowest BCUT2D eigenvalue weighted by Gasteiger charge is -2.13. The number of aromatic nitrogens is 3. The summed E-state index contributed by atoms with van der Waals surface area (Å²) in [6.07, 6.45) is 1.72. The molecule has 1 amide bonds. The number of nitrogens with zero attached hydrogens (tertiary/aromatic N) is 4. The predicted octanol–water partition coefficient (Wildman–Crippen LogP) is 3.32. The van der Waals surface area contributed by atoms with E-state index in [1.54, 1.807) is 6.20 Å². The Balaban J connectivity index is 1.81. The first-order valence-corrected chi connectivity index (χ1v) is 8.76. The first kappa shape index (κ1) is 17.9. The van der Waals surface area contributed by atoms with E-state index in [-0.39, 0.29) is 11.9 Å². The van der Waals surface area contributed by atoms with E-state index >= 15 is 0 Å². The molecular formula is C20H25N5O. The van der Waals surface area contributed by atoms with Gasteiger partial charge < -0.3 is 10.2 Å². The monoisotopic (exact) mass is 351 g/mol. The fourth-order valence-electron chi connectivity index (χ4n) is 2.90. The van der Waals surface area contributed by atoms with E-state index in [0.717, 1.165) is 28.0 Å². The molecule has 1 N–H and O–H groups in total. The zero-order valence-corrected chi connectivity index (χ0v) is 15.9. The number of amides is 1. The van der Waals surface area contributed by atoms with Crippen LogP contribution < -0.4 is 10.2 Å². The van der Waals surface area contributed by atoms with Gasteiger partial charge in [0, 0.05) is 38.1 Å². The summed E-state index contributed by atoms with van der Waals surface area (Å²) in [6.45, 7) is 6.47. The quantitative estimate of drug-likeness (QED) is 0.766. The molecule has 0 unspecified atom stereocenters. The van der Waals surface area contributed by atoms with Gasteiger partial charge in [0.15, 0.2) is 5.65 Å². The Bertz CT molecular complexity index is 925. The lowest BCUT2D eigenvalue weighted by atomic mass is 10.1. The molecule has 0 fully saturated rings. The van der Waals surface area contributed by atoms with E-state index < -0.39 is 0 Å². The summed E-state index contributed by atoms with van der Waals surface area (Å²) >= 11 is 0. The minimum absolute atomic E-state index is 0.111.